The van der Waals surface area contributed by atoms with Crippen molar-refractivity contribution in [1.82, 2.24) is 29.6 Å². The van der Waals surface area contributed by atoms with Crippen LogP contribution in [-0.4, -0.2) is 55.1 Å². The Bertz CT molecular complexity index is 1190. The summed E-state index contributed by atoms with van der Waals surface area (Å²) in [6, 6.07) is 6.06. The number of fused-ring (bicyclic) bond motifs is 3. The van der Waals surface area contributed by atoms with Crippen molar-refractivity contribution in [1.29, 1.82) is 0 Å². The van der Waals surface area contributed by atoms with Crippen LogP contribution in [0.15, 0.2) is 36.3 Å². The first kappa shape index (κ1) is 19.5. The molecule has 0 bridgehead atoms. The van der Waals surface area contributed by atoms with E-state index >= 15 is 0 Å². The van der Waals surface area contributed by atoms with Gasteiger partial charge in [0, 0.05) is 18.8 Å². The number of hydrogen-bond acceptors (Lipinski definition) is 6. The van der Waals surface area contributed by atoms with Crippen molar-refractivity contribution in [3.05, 3.63) is 41.9 Å². The Balaban J connectivity index is 1.58. The van der Waals surface area contributed by atoms with Crippen LogP contribution >= 0.6 is 0 Å². The van der Waals surface area contributed by atoms with Crippen LogP contribution in [0, 0.1) is 0 Å². The molecule has 0 saturated carbocycles. The van der Waals surface area contributed by atoms with E-state index in [0.29, 0.717) is 31.7 Å². The van der Waals surface area contributed by atoms with Crippen LogP contribution in [0.4, 0.5) is 0 Å². The third-order valence-electron chi connectivity index (χ3n) is 5.70. The number of rotatable bonds is 4. The fourth-order valence-corrected chi connectivity index (χ4v) is 4.20. The summed E-state index contributed by atoms with van der Waals surface area (Å²) in [5, 5.41) is 17.0. The molecule has 2 aliphatic heterocycles. The molecule has 31 heavy (non-hydrogen) atoms. The molecule has 160 valence electrons. The van der Waals surface area contributed by atoms with Crippen molar-refractivity contribution >= 4 is 11.5 Å². The van der Waals surface area contributed by atoms with Gasteiger partial charge in [-0.1, -0.05) is 6.07 Å². The highest BCUT2D eigenvalue weighted by Crippen LogP contribution is 2.37. The molecule has 2 N–H and O–H groups in total. The lowest BCUT2D eigenvalue weighted by Gasteiger charge is -2.20. The molecule has 9 heteroatoms. The average molecular weight is 420 g/mol. The van der Waals surface area contributed by atoms with Crippen molar-refractivity contribution in [3.8, 4) is 28.7 Å². The molecule has 0 aliphatic carbocycles. The van der Waals surface area contributed by atoms with E-state index in [2.05, 4.69) is 33.8 Å². The van der Waals surface area contributed by atoms with Gasteiger partial charge in [-0.2, -0.15) is 5.10 Å². The summed E-state index contributed by atoms with van der Waals surface area (Å²) in [6.45, 7) is 6.41. The number of nitrogens with one attached hydrogen (secondary N) is 1. The second-order valence-corrected chi connectivity index (χ2v) is 8.01. The van der Waals surface area contributed by atoms with Crippen molar-refractivity contribution in [2.45, 2.75) is 32.9 Å². The highest BCUT2D eigenvalue weighted by atomic mass is 16.5. The average Bonchev–Trinajstić information content (AvgIpc) is 3.38. The third kappa shape index (κ3) is 3.40. The summed E-state index contributed by atoms with van der Waals surface area (Å²) in [7, 11) is 0. The van der Waals surface area contributed by atoms with Crippen LogP contribution in [0.3, 0.4) is 0 Å². The van der Waals surface area contributed by atoms with Crippen molar-refractivity contribution in [2.24, 2.45) is 0 Å². The van der Waals surface area contributed by atoms with Gasteiger partial charge in [-0.05, 0) is 50.1 Å². The number of carboxylic acids is 1. The Kier molecular flexibility index (Phi) is 4.82. The highest BCUT2D eigenvalue weighted by molar-refractivity contribution is 5.97. The smallest absolute Gasteiger partial charge is 0.333 e. The third-order valence-corrected chi connectivity index (χ3v) is 5.70. The minimum Gasteiger partial charge on any atom is -0.491 e. The number of imidazole rings is 1. The summed E-state index contributed by atoms with van der Waals surface area (Å²) in [5.74, 6) is 1.38. The van der Waals surface area contributed by atoms with E-state index in [4.69, 9.17) is 9.72 Å². The Hall–Kier alpha value is -3.46. The zero-order valence-corrected chi connectivity index (χ0v) is 17.5. The van der Waals surface area contributed by atoms with Gasteiger partial charge >= 0.3 is 5.97 Å². The fraction of sp³-hybridized carbons (Fsp3) is 0.364. The van der Waals surface area contributed by atoms with Gasteiger partial charge in [0.1, 0.15) is 30.2 Å². The lowest BCUT2D eigenvalue weighted by Crippen LogP contribution is -2.28. The van der Waals surface area contributed by atoms with Gasteiger partial charge in [-0.3, -0.25) is 0 Å². The molecule has 2 aromatic heterocycles. The number of aromatic nitrogens is 5. The highest BCUT2D eigenvalue weighted by Gasteiger charge is 2.24. The molecule has 0 fully saturated rings. The van der Waals surface area contributed by atoms with Crippen molar-refractivity contribution in [3.63, 3.8) is 0 Å². The SMILES string of the molecule is CC(C)n1ncnc1-c1cn2c(n1)-c1ccc(C3=C(C(=O)O)CNCC3)cc1OCC2. The van der Waals surface area contributed by atoms with Gasteiger partial charge in [0.05, 0.1) is 17.7 Å². The monoisotopic (exact) mass is 420 g/mol. The minimum atomic E-state index is -0.882. The maximum Gasteiger partial charge on any atom is 0.333 e. The van der Waals surface area contributed by atoms with Crippen LogP contribution < -0.4 is 10.1 Å². The van der Waals surface area contributed by atoms with Gasteiger partial charge in [0.25, 0.3) is 0 Å². The van der Waals surface area contributed by atoms with Gasteiger partial charge in [-0.25, -0.2) is 19.4 Å². The maximum absolute atomic E-state index is 11.7. The van der Waals surface area contributed by atoms with Gasteiger partial charge in [-0.15, -0.1) is 0 Å². The zero-order valence-electron chi connectivity index (χ0n) is 17.5. The van der Waals surface area contributed by atoms with Gasteiger partial charge in [0.2, 0.25) is 0 Å². The summed E-state index contributed by atoms with van der Waals surface area (Å²) >= 11 is 0. The van der Waals surface area contributed by atoms with Crippen LogP contribution in [0.1, 0.15) is 31.9 Å². The number of hydrogen-bond donors (Lipinski definition) is 2. The molecular weight excluding hydrogens is 396 g/mol. The van der Waals surface area contributed by atoms with E-state index in [1.165, 1.54) is 0 Å². The second-order valence-electron chi connectivity index (χ2n) is 8.01. The van der Waals surface area contributed by atoms with Gasteiger partial charge < -0.3 is 19.7 Å². The molecule has 0 amide bonds. The zero-order chi connectivity index (χ0) is 21.5. The quantitative estimate of drug-likeness (QED) is 0.668. The summed E-state index contributed by atoms with van der Waals surface area (Å²) in [5.41, 5.74) is 3.81. The molecule has 1 aromatic carbocycles. The number of benzene rings is 1. The molecule has 5 rings (SSSR count). The lowest BCUT2D eigenvalue weighted by atomic mass is 9.93. The van der Waals surface area contributed by atoms with E-state index in [-0.39, 0.29) is 6.04 Å². The van der Waals surface area contributed by atoms with Crippen molar-refractivity contribution in [2.75, 3.05) is 19.7 Å². The molecule has 0 radical (unpaired) electrons. The van der Waals surface area contributed by atoms with Crippen LogP contribution in [0.2, 0.25) is 0 Å². The summed E-state index contributed by atoms with van der Waals surface area (Å²) in [6.07, 6.45) is 4.21. The normalized spacial score (nSPS) is 16.0. The van der Waals surface area contributed by atoms with E-state index in [1.54, 1.807) is 6.33 Å². The van der Waals surface area contributed by atoms with Crippen LogP contribution in [-0.2, 0) is 11.3 Å². The molecule has 0 spiro atoms. The largest absolute Gasteiger partial charge is 0.491 e. The Morgan fingerprint density at radius 1 is 1.29 bits per heavy atom. The molecule has 9 nitrogen and oxygen atoms in total. The number of nitrogens with zero attached hydrogens (tertiary/aromatic N) is 5. The predicted molar refractivity (Wildman–Crippen MR) is 115 cm³/mol. The van der Waals surface area contributed by atoms with E-state index in [1.807, 2.05) is 29.1 Å². The van der Waals surface area contributed by atoms with E-state index in [9.17, 15) is 9.90 Å². The Morgan fingerprint density at radius 2 is 2.16 bits per heavy atom. The molecule has 4 heterocycles. The molecule has 3 aromatic rings. The van der Waals surface area contributed by atoms with E-state index < -0.39 is 5.97 Å². The molecular formula is C22H24N6O3. The Labute approximate surface area is 179 Å². The van der Waals surface area contributed by atoms with Crippen LogP contribution in [0.5, 0.6) is 5.75 Å². The van der Waals surface area contributed by atoms with Crippen molar-refractivity contribution < 1.29 is 14.6 Å². The van der Waals surface area contributed by atoms with E-state index in [0.717, 1.165) is 46.3 Å². The predicted octanol–water partition coefficient (Wildman–Crippen LogP) is 2.61. The number of ether oxygens (including phenoxy) is 1. The molecule has 0 saturated heterocycles. The molecule has 2 aliphatic rings. The summed E-state index contributed by atoms with van der Waals surface area (Å²) in [4.78, 5) is 21.0. The number of carboxylic acid groups (broad SMARTS) is 1. The van der Waals surface area contributed by atoms with Crippen LogP contribution in [0.25, 0.3) is 28.5 Å². The second kappa shape index (κ2) is 7.66. The fourth-order valence-electron chi connectivity index (χ4n) is 4.20. The first-order chi connectivity index (χ1) is 15.0. The first-order valence-electron chi connectivity index (χ1n) is 10.4. The standard InChI is InChI=1S/C22H24N6O3/c1-13(2)28-21(24-12-25-28)18-11-27-7-8-31-19-9-14(3-4-16(19)20(27)26-18)15-5-6-23-10-17(15)22(29)30/h3-4,9,11-13,23H,5-8,10H2,1-2H3,(H,29,30). The molecule has 0 atom stereocenters. The summed E-state index contributed by atoms with van der Waals surface area (Å²) < 4.78 is 9.97. The minimum absolute atomic E-state index is 0.180. The number of aliphatic carboxylic acids is 1. The first-order valence-corrected chi connectivity index (χ1v) is 10.4. The maximum atomic E-state index is 11.7. The topological polar surface area (TPSA) is 107 Å². The Morgan fingerprint density at radius 3 is 2.97 bits per heavy atom. The number of carbonyl (C=O) groups is 1. The molecule has 0 unspecified atom stereocenters. The van der Waals surface area contributed by atoms with Gasteiger partial charge in [0.15, 0.2) is 5.82 Å². The lowest BCUT2D eigenvalue weighted by molar-refractivity contribution is -0.132.